The van der Waals surface area contributed by atoms with E-state index in [2.05, 4.69) is 15.8 Å². The highest BCUT2D eigenvalue weighted by Crippen LogP contribution is 2.30. The van der Waals surface area contributed by atoms with Crippen molar-refractivity contribution in [2.75, 3.05) is 0 Å². The molecule has 4 aromatic rings. The number of rotatable bonds is 6. The van der Waals surface area contributed by atoms with Gasteiger partial charge in [0.25, 0.3) is 11.8 Å². The van der Waals surface area contributed by atoms with Crippen molar-refractivity contribution in [3.63, 3.8) is 0 Å². The molecule has 7 nitrogen and oxygen atoms in total. The lowest BCUT2D eigenvalue weighted by Crippen LogP contribution is -2.41. The van der Waals surface area contributed by atoms with Crippen LogP contribution in [0.2, 0.25) is 5.02 Å². The molecule has 0 saturated heterocycles. The van der Waals surface area contributed by atoms with Gasteiger partial charge in [-0.15, -0.1) is 11.3 Å². The maximum atomic E-state index is 12.8. The van der Waals surface area contributed by atoms with Gasteiger partial charge in [-0.05, 0) is 55.3 Å². The number of benzene rings is 2. The van der Waals surface area contributed by atoms with Gasteiger partial charge in [-0.25, -0.2) is 4.98 Å². The van der Waals surface area contributed by atoms with E-state index in [1.54, 1.807) is 49.4 Å². The number of aryl methyl sites for hydroxylation is 1. The summed E-state index contributed by atoms with van der Waals surface area (Å²) in [5, 5.41) is 1.36. The number of aromatic nitrogens is 1. The van der Waals surface area contributed by atoms with E-state index >= 15 is 0 Å². The minimum Gasteiger partial charge on any atom is -0.488 e. The average Bonchev–Trinajstić information content (AvgIpc) is 3.18. The van der Waals surface area contributed by atoms with Crippen LogP contribution in [-0.4, -0.2) is 22.6 Å². The van der Waals surface area contributed by atoms with Crippen molar-refractivity contribution in [1.29, 1.82) is 0 Å². The predicted octanol–water partition coefficient (Wildman–Crippen LogP) is 5.11. The molecular formula is C25H20ClN3O4S. The minimum absolute atomic E-state index is 0.102. The lowest BCUT2D eigenvalue weighted by atomic mass is 10.1. The summed E-state index contributed by atoms with van der Waals surface area (Å²) < 4.78 is 5.81. The molecule has 0 aliphatic carbocycles. The van der Waals surface area contributed by atoms with Crippen LogP contribution in [0.3, 0.4) is 0 Å². The Morgan fingerprint density at radius 2 is 1.74 bits per heavy atom. The summed E-state index contributed by atoms with van der Waals surface area (Å²) in [4.78, 5) is 42.5. The standard InChI is InChI=1S/C25H20ClN3O4S/c1-14-20-11-17(15(2)30)12-27-25(20)34-22(14)24(32)29-28-23(31)19-5-3-4-6-21(19)33-13-16-7-9-18(26)10-8-16/h3-12H,13H2,1-2H3,(H,28,31)(H,29,32). The molecule has 2 amide bonds. The maximum absolute atomic E-state index is 12.8. The van der Waals surface area contributed by atoms with Crippen LogP contribution in [-0.2, 0) is 6.61 Å². The minimum atomic E-state index is -0.518. The number of pyridine rings is 1. The molecule has 0 radical (unpaired) electrons. The van der Waals surface area contributed by atoms with Crippen molar-refractivity contribution in [3.05, 3.63) is 92.9 Å². The Morgan fingerprint density at radius 3 is 2.47 bits per heavy atom. The van der Waals surface area contributed by atoms with Crippen LogP contribution in [0.1, 0.15) is 48.4 Å². The normalized spacial score (nSPS) is 10.7. The number of nitrogens with zero attached hydrogens (tertiary/aromatic N) is 1. The fourth-order valence-electron chi connectivity index (χ4n) is 3.27. The highest BCUT2D eigenvalue weighted by atomic mass is 35.5. The summed E-state index contributed by atoms with van der Waals surface area (Å²) in [5.74, 6) is -0.716. The fraction of sp³-hybridized carbons (Fsp3) is 0.120. The van der Waals surface area contributed by atoms with Gasteiger partial charge in [-0.3, -0.25) is 25.2 Å². The maximum Gasteiger partial charge on any atom is 0.280 e. The summed E-state index contributed by atoms with van der Waals surface area (Å²) in [6.45, 7) is 3.50. The van der Waals surface area contributed by atoms with E-state index in [0.717, 1.165) is 10.9 Å². The third-order valence-electron chi connectivity index (χ3n) is 5.14. The summed E-state index contributed by atoms with van der Waals surface area (Å²) >= 11 is 7.10. The smallest absolute Gasteiger partial charge is 0.280 e. The molecule has 2 N–H and O–H groups in total. The number of hydrogen-bond donors (Lipinski definition) is 2. The van der Waals surface area contributed by atoms with E-state index in [9.17, 15) is 14.4 Å². The Bertz CT molecular complexity index is 1400. The molecule has 0 aliphatic heterocycles. The van der Waals surface area contributed by atoms with Crippen molar-refractivity contribution in [2.24, 2.45) is 0 Å². The van der Waals surface area contributed by atoms with Crippen LogP contribution in [0.15, 0.2) is 60.8 Å². The van der Waals surface area contributed by atoms with Crippen LogP contribution < -0.4 is 15.6 Å². The number of fused-ring (bicyclic) bond motifs is 1. The summed E-state index contributed by atoms with van der Waals surface area (Å²) in [5.41, 5.74) is 7.23. The van der Waals surface area contributed by atoms with E-state index < -0.39 is 11.8 Å². The van der Waals surface area contributed by atoms with E-state index in [0.29, 0.717) is 31.6 Å². The number of nitrogens with one attached hydrogen (secondary N) is 2. The first-order valence-electron chi connectivity index (χ1n) is 10.3. The Morgan fingerprint density at radius 1 is 1.03 bits per heavy atom. The molecule has 0 unspecified atom stereocenters. The quantitative estimate of drug-likeness (QED) is 0.287. The number of Topliss-reactive ketones (excluding diaryl/α,β-unsaturated/α-hetero) is 1. The zero-order valence-electron chi connectivity index (χ0n) is 18.3. The fourth-order valence-corrected chi connectivity index (χ4v) is 4.42. The van der Waals surface area contributed by atoms with Crippen molar-refractivity contribution in [2.45, 2.75) is 20.5 Å². The van der Waals surface area contributed by atoms with Crippen LogP contribution in [0.25, 0.3) is 10.2 Å². The first kappa shape index (κ1) is 23.4. The molecule has 2 heterocycles. The first-order chi connectivity index (χ1) is 16.3. The largest absolute Gasteiger partial charge is 0.488 e. The van der Waals surface area contributed by atoms with E-state index in [4.69, 9.17) is 16.3 Å². The molecule has 0 atom stereocenters. The number of hydrogen-bond acceptors (Lipinski definition) is 6. The molecule has 34 heavy (non-hydrogen) atoms. The molecule has 0 spiro atoms. The van der Waals surface area contributed by atoms with Gasteiger partial charge in [0.05, 0.1) is 10.4 Å². The summed E-state index contributed by atoms with van der Waals surface area (Å²) in [6.07, 6.45) is 1.49. The van der Waals surface area contributed by atoms with Crippen LogP contribution in [0, 0.1) is 6.92 Å². The van der Waals surface area contributed by atoms with E-state index in [1.807, 2.05) is 12.1 Å². The number of halogens is 1. The average molecular weight is 494 g/mol. The van der Waals surface area contributed by atoms with Gasteiger partial charge >= 0.3 is 0 Å². The SMILES string of the molecule is CC(=O)c1cnc2sc(C(=O)NNC(=O)c3ccccc3OCc3ccc(Cl)cc3)c(C)c2c1. The number of amides is 2. The second kappa shape index (κ2) is 10.0. The monoisotopic (exact) mass is 493 g/mol. The molecular weight excluding hydrogens is 474 g/mol. The summed E-state index contributed by atoms with van der Waals surface area (Å²) in [7, 11) is 0. The Hall–Kier alpha value is -3.75. The lowest BCUT2D eigenvalue weighted by Gasteiger charge is -2.12. The van der Waals surface area contributed by atoms with Crippen molar-refractivity contribution in [3.8, 4) is 5.75 Å². The molecule has 0 aliphatic rings. The Labute approximate surface area is 204 Å². The topological polar surface area (TPSA) is 97.4 Å². The second-order valence-electron chi connectivity index (χ2n) is 7.51. The second-order valence-corrected chi connectivity index (χ2v) is 8.94. The molecule has 9 heteroatoms. The zero-order chi connectivity index (χ0) is 24.2. The Kier molecular flexibility index (Phi) is 6.90. The zero-order valence-corrected chi connectivity index (χ0v) is 19.9. The van der Waals surface area contributed by atoms with E-state index in [1.165, 1.54) is 24.5 Å². The third kappa shape index (κ3) is 5.08. The van der Waals surface area contributed by atoms with Crippen molar-refractivity contribution >= 4 is 50.8 Å². The van der Waals surface area contributed by atoms with Gasteiger partial charge in [0, 0.05) is 22.2 Å². The highest BCUT2D eigenvalue weighted by molar-refractivity contribution is 7.20. The number of carbonyl (C=O) groups excluding carboxylic acids is 3. The molecule has 2 aromatic carbocycles. The number of ether oxygens (including phenoxy) is 1. The molecule has 4 rings (SSSR count). The van der Waals surface area contributed by atoms with Crippen molar-refractivity contribution < 1.29 is 19.1 Å². The number of carbonyl (C=O) groups is 3. The number of thiophene rings is 1. The van der Waals surface area contributed by atoms with E-state index in [-0.39, 0.29) is 18.0 Å². The van der Waals surface area contributed by atoms with Crippen LogP contribution in [0.4, 0.5) is 0 Å². The number of para-hydroxylation sites is 1. The van der Waals surface area contributed by atoms with Gasteiger partial charge in [0.15, 0.2) is 5.78 Å². The van der Waals surface area contributed by atoms with Crippen LogP contribution >= 0.6 is 22.9 Å². The van der Waals surface area contributed by atoms with Gasteiger partial charge in [-0.2, -0.15) is 0 Å². The van der Waals surface area contributed by atoms with Gasteiger partial charge in [-0.1, -0.05) is 35.9 Å². The van der Waals surface area contributed by atoms with Gasteiger partial charge in [0.1, 0.15) is 17.2 Å². The number of hydrazine groups is 1. The molecule has 2 aromatic heterocycles. The molecule has 0 bridgehead atoms. The summed E-state index contributed by atoms with van der Waals surface area (Å²) in [6, 6.07) is 15.7. The third-order valence-corrected chi connectivity index (χ3v) is 6.60. The molecule has 0 fully saturated rings. The molecule has 172 valence electrons. The predicted molar refractivity (Wildman–Crippen MR) is 132 cm³/mol. The van der Waals surface area contributed by atoms with Crippen LogP contribution in [0.5, 0.6) is 5.75 Å². The first-order valence-corrected chi connectivity index (χ1v) is 11.5. The van der Waals surface area contributed by atoms with Gasteiger partial charge in [0.2, 0.25) is 0 Å². The number of ketones is 1. The van der Waals surface area contributed by atoms with Gasteiger partial charge < -0.3 is 4.74 Å². The Balaban J connectivity index is 1.44. The lowest BCUT2D eigenvalue weighted by molar-refractivity contribution is 0.0846. The highest BCUT2D eigenvalue weighted by Gasteiger charge is 2.19. The molecule has 0 saturated carbocycles. The van der Waals surface area contributed by atoms with Crippen molar-refractivity contribution in [1.82, 2.24) is 15.8 Å².